The Balaban J connectivity index is 1.98. The molecule has 3 atom stereocenters. The molecular formula is C10H15NO. The average Bonchev–Trinajstić information content (AvgIpc) is 2.64. The van der Waals surface area contributed by atoms with E-state index in [2.05, 4.69) is 17.5 Å². The fourth-order valence-electron chi connectivity index (χ4n) is 2.39. The quantitative estimate of drug-likeness (QED) is 0.614. The molecule has 12 heavy (non-hydrogen) atoms. The molecule has 66 valence electrons. The summed E-state index contributed by atoms with van der Waals surface area (Å²) in [6, 6.07) is 0. The lowest BCUT2D eigenvalue weighted by Gasteiger charge is -2.16. The first kappa shape index (κ1) is 7.84. The summed E-state index contributed by atoms with van der Waals surface area (Å²) in [7, 11) is 0. The van der Waals surface area contributed by atoms with Gasteiger partial charge < -0.3 is 5.32 Å². The Morgan fingerprint density at radius 3 is 2.83 bits per heavy atom. The fraction of sp³-hybridized carbons (Fsp3) is 0.700. The van der Waals surface area contributed by atoms with Gasteiger partial charge in [0.05, 0.1) is 0 Å². The average molecular weight is 165 g/mol. The first-order valence-corrected chi connectivity index (χ1v) is 4.77. The minimum atomic E-state index is 0.259. The van der Waals surface area contributed by atoms with Gasteiger partial charge in [0.15, 0.2) is 0 Å². The number of rotatable bonds is 2. The zero-order chi connectivity index (χ0) is 8.55. The number of nitrogens with one attached hydrogen (secondary N) is 1. The van der Waals surface area contributed by atoms with Crippen molar-refractivity contribution < 1.29 is 4.79 Å². The van der Waals surface area contributed by atoms with Gasteiger partial charge in [0, 0.05) is 12.5 Å². The first-order valence-electron chi connectivity index (χ1n) is 4.77. The molecule has 0 unspecified atom stereocenters. The number of carbonyl (C=O) groups is 1. The Hall–Kier alpha value is -0.790. The Bertz CT molecular complexity index is 222. The van der Waals surface area contributed by atoms with Crippen molar-refractivity contribution in [1.82, 2.24) is 5.32 Å². The molecule has 0 saturated heterocycles. The van der Waals surface area contributed by atoms with Crippen LogP contribution in [-0.4, -0.2) is 12.5 Å². The van der Waals surface area contributed by atoms with Crippen LogP contribution >= 0.6 is 0 Å². The number of fused-ring (bicyclic) bond motifs is 2. The van der Waals surface area contributed by atoms with Crippen molar-refractivity contribution in [2.75, 3.05) is 6.54 Å². The summed E-state index contributed by atoms with van der Waals surface area (Å²) in [6.45, 7) is 2.73. The van der Waals surface area contributed by atoms with Crippen LogP contribution in [0.15, 0.2) is 12.2 Å². The summed E-state index contributed by atoms with van der Waals surface area (Å²) in [4.78, 5) is 11.5. The Morgan fingerprint density at radius 2 is 2.33 bits per heavy atom. The van der Waals surface area contributed by atoms with Gasteiger partial charge in [-0.3, -0.25) is 4.79 Å². The third-order valence-electron chi connectivity index (χ3n) is 2.97. The van der Waals surface area contributed by atoms with Crippen LogP contribution in [0.1, 0.15) is 19.8 Å². The van der Waals surface area contributed by atoms with E-state index < -0.39 is 0 Å². The highest BCUT2D eigenvalue weighted by atomic mass is 16.1. The molecule has 2 bridgehead atoms. The maximum atomic E-state index is 11.5. The van der Waals surface area contributed by atoms with Crippen molar-refractivity contribution in [2.24, 2.45) is 17.8 Å². The van der Waals surface area contributed by atoms with Crippen LogP contribution in [0.4, 0.5) is 0 Å². The number of hydrogen-bond acceptors (Lipinski definition) is 1. The Kier molecular flexibility index (Phi) is 1.91. The zero-order valence-corrected chi connectivity index (χ0v) is 7.42. The largest absolute Gasteiger partial charge is 0.356 e. The van der Waals surface area contributed by atoms with Crippen LogP contribution in [0.3, 0.4) is 0 Å². The highest BCUT2D eigenvalue weighted by molar-refractivity contribution is 5.79. The molecule has 0 spiro atoms. The second kappa shape index (κ2) is 2.92. The summed E-state index contributed by atoms with van der Waals surface area (Å²) in [5.74, 6) is 1.78. The smallest absolute Gasteiger partial charge is 0.223 e. The fourth-order valence-corrected chi connectivity index (χ4v) is 2.39. The maximum Gasteiger partial charge on any atom is 0.223 e. The minimum Gasteiger partial charge on any atom is -0.356 e. The predicted molar refractivity (Wildman–Crippen MR) is 47.5 cm³/mol. The summed E-state index contributed by atoms with van der Waals surface area (Å²) >= 11 is 0. The van der Waals surface area contributed by atoms with E-state index in [1.54, 1.807) is 0 Å². The van der Waals surface area contributed by atoms with Crippen molar-refractivity contribution in [3.8, 4) is 0 Å². The second-order valence-electron chi connectivity index (χ2n) is 3.78. The minimum absolute atomic E-state index is 0.259. The van der Waals surface area contributed by atoms with Gasteiger partial charge in [-0.25, -0.2) is 0 Å². The Labute approximate surface area is 73.0 Å². The van der Waals surface area contributed by atoms with Gasteiger partial charge in [-0.05, 0) is 31.6 Å². The lowest BCUT2D eigenvalue weighted by molar-refractivity contribution is -0.125. The maximum absolute atomic E-state index is 11.5. The molecule has 1 amide bonds. The third kappa shape index (κ3) is 1.15. The number of hydrogen-bond donors (Lipinski definition) is 1. The molecule has 0 radical (unpaired) electrons. The monoisotopic (exact) mass is 165 g/mol. The van der Waals surface area contributed by atoms with Crippen molar-refractivity contribution in [1.29, 1.82) is 0 Å². The molecule has 1 saturated carbocycles. The number of carbonyl (C=O) groups excluding carboxylic acids is 1. The molecule has 1 N–H and O–H groups in total. The van der Waals surface area contributed by atoms with E-state index in [9.17, 15) is 4.79 Å². The number of allylic oxidation sites excluding steroid dienone is 2. The van der Waals surface area contributed by atoms with Gasteiger partial charge in [-0.15, -0.1) is 0 Å². The van der Waals surface area contributed by atoms with E-state index in [0.29, 0.717) is 11.8 Å². The van der Waals surface area contributed by atoms with Gasteiger partial charge in [-0.2, -0.15) is 0 Å². The molecule has 2 nitrogen and oxygen atoms in total. The lowest BCUT2D eigenvalue weighted by atomic mass is 9.93. The van der Waals surface area contributed by atoms with Crippen LogP contribution in [-0.2, 0) is 4.79 Å². The molecule has 1 fully saturated rings. The van der Waals surface area contributed by atoms with Crippen LogP contribution in [0.2, 0.25) is 0 Å². The summed E-state index contributed by atoms with van der Waals surface area (Å²) in [5.41, 5.74) is 0. The lowest BCUT2D eigenvalue weighted by Crippen LogP contribution is -2.32. The van der Waals surface area contributed by atoms with Crippen molar-refractivity contribution in [3.05, 3.63) is 12.2 Å². The van der Waals surface area contributed by atoms with Gasteiger partial charge in [-0.1, -0.05) is 12.2 Å². The number of amides is 1. The third-order valence-corrected chi connectivity index (χ3v) is 2.97. The molecular weight excluding hydrogens is 150 g/mol. The van der Waals surface area contributed by atoms with Crippen LogP contribution in [0.25, 0.3) is 0 Å². The topological polar surface area (TPSA) is 29.1 Å². The van der Waals surface area contributed by atoms with Gasteiger partial charge in [0.25, 0.3) is 0 Å². The molecule has 2 heteroatoms. The first-order chi connectivity index (χ1) is 5.81. The molecule has 0 aromatic rings. The van der Waals surface area contributed by atoms with Crippen LogP contribution < -0.4 is 5.32 Å². The van der Waals surface area contributed by atoms with Gasteiger partial charge in [0.1, 0.15) is 0 Å². The van der Waals surface area contributed by atoms with Crippen molar-refractivity contribution >= 4 is 5.91 Å². The normalized spacial score (nSPS) is 37.2. The Morgan fingerprint density at radius 1 is 1.50 bits per heavy atom. The zero-order valence-electron chi connectivity index (χ0n) is 7.42. The standard InChI is InChI=1S/C10H15NO/c1-2-11-10(12)9-6-7-3-4-8(9)5-7/h3-4,7-9H,2,5-6H2,1H3,(H,11,12)/t7-,8-,9-/m0/s1. The second-order valence-corrected chi connectivity index (χ2v) is 3.78. The van der Waals surface area contributed by atoms with Crippen LogP contribution in [0, 0.1) is 17.8 Å². The van der Waals surface area contributed by atoms with Crippen molar-refractivity contribution in [2.45, 2.75) is 19.8 Å². The van der Waals surface area contributed by atoms with E-state index in [1.807, 2.05) is 6.92 Å². The van der Waals surface area contributed by atoms with Gasteiger partial charge in [0.2, 0.25) is 5.91 Å². The van der Waals surface area contributed by atoms with E-state index in [1.165, 1.54) is 6.42 Å². The highest BCUT2D eigenvalue weighted by Crippen LogP contribution is 2.43. The SMILES string of the molecule is CCNC(=O)[C@H]1C[C@H]2C=C[C@H]1C2. The van der Waals surface area contributed by atoms with Gasteiger partial charge >= 0.3 is 0 Å². The summed E-state index contributed by atoms with van der Waals surface area (Å²) in [5, 5.41) is 2.90. The molecule has 0 aromatic carbocycles. The molecule has 2 aliphatic carbocycles. The van der Waals surface area contributed by atoms with E-state index >= 15 is 0 Å². The van der Waals surface area contributed by atoms with E-state index in [-0.39, 0.29) is 11.8 Å². The summed E-state index contributed by atoms with van der Waals surface area (Å²) in [6.07, 6.45) is 6.77. The van der Waals surface area contributed by atoms with Crippen LogP contribution in [0.5, 0.6) is 0 Å². The highest BCUT2D eigenvalue weighted by Gasteiger charge is 2.39. The molecule has 0 aromatic heterocycles. The summed E-state index contributed by atoms with van der Waals surface area (Å²) < 4.78 is 0. The van der Waals surface area contributed by atoms with Crippen molar-refractivity contribution in [3.63, 3.8) is 0 Å². The molecule has 2 aliphatic rings. The predicted octanol–water partition coefficient (Wildman–Crippen LogP) is 1.33. The van der Waals surface area contributed by atoms with E-state index in [0.717, 1.165) is 13.0 Å². The van der Waals surface area contributed by atoms with E-state index in [4.69, 9.17) is 0 Å². The molecule has 0 aliphatic heterocycles. The molecule has 0 heterocycles. The molecule has 2 rings (SSSR count).